The highest BCUT2D eigenvalue weighted by atomic mass is 16.4. The first-order chi connectivity index (χ1) is 9.34. The van der Waals surface area contributed by atoms with Crippen LogP contribution in [0, 0.1) is 34.6 Å². The molecule has 1 aromatic carbocycles. The molecule has 0 aliphatic heterocycles. The molecule has 0 N–H and O–H groups in total. The van der Waals surface area contributed by atoms with Gasteiger partial charge in [-0.25, -0.2) is 4.79 Å². The van der Waals surface area contributed by atoms with E-state index in [0.29, 0.717) is 11.1 Å². The average Bonchev–Trinajstić information content (AvgIpc) is 2.63. The number of aryl methyl sites for hydroxylation is 4. The Kier molecular flexibility index (Phi) is 2.58. The van der Waals surface area contributed by atoms with E-state index >= 15 is 0 Å². The molecule has 3 heteroatoms. The lowest BCUT2D eigenvalue weighted by molar-refractivity contribution is 0.552. The number of aromatic nitrogens is 1. The van der Waals surface area contributed by atoms with Gasteiger partial charge < -0.3 is 8.98 Å². The molecule has 0 fully saturated rings. The molecule has 0 spiro atoms. The highest BCUT2D eigenvalue weighted by Gasteiger charge is 2.17. The Bertz CT molecular complexity index is 926. The number of benzene rings is 1. The molecular formula is C17H19NO2. The Morgan fingerprint density at radius 3 is 2.20 bits per heavy atom. The van der Waals surface area contributed by atoms with E-state index in [2.05, 4.69) is 31.5 Å². The van der Waals surface area contributed by atoms with Crippen LogP contribution >= 0.6 is 0 Å². The second-order valence-corrected chi connectivity index (χ2v) is 5.68. The second kappa shape index (κ2) is 3.98. The quantitative estimate of drug-likeness (QED) is 0.581. The second-order valence-electron chi connectivity index (χ2n) is 5.68. The topological polar surface area (TPSA) is 35.1 Å². The van der Waals surface area contributed by atoms with Gasteiger partial charge >= 0.3 is 5.63 Å². The summed E-state index contributed by atoms with van der Waals surface area (Å²) in [7, 11) is 2.06. The lowest BCUT2D eigenvalue weighted by Gasteiger charge is -2.09. The van der Waals surface area contributed by atoms with Gasteiger partial charge in [0.15, 0.2) is 0 Å². The summed E-state index contributed by atoms with van der Waals surface area (Å²) in [5.41, 5.74) is 6.91. The highest BCUT2D eigenvalue weighted by molar-refractivity contribution is 6.01. The van der Waals surface area contributed by atoms with E-state index in [1.165, 1.54) is 16.6 Å². The van der Waals surface area contributed by atoms with Crippen LogP contribution in [0.15, 0.2) is 15.3 Å². The maximum atomic E-state index is 11.9. The van der Waals surface area contributed by atoms with Crippen LogP contribution in [0.2, 0.25) is 0 Å². The molecule has 0 saturated carbocycles. The Labute approximate surface area is 117 Å². The molecule has 0 atom stereocenters. The van der Waals surface area contributed by atoms with Crippen molar-refractivity contribution in [2.75, 3.05) is 0 Å². The molecule has 3 nitrogen and oxygen atoms in total. The standard InChI is InChI=1S/C17H19NO2/c1-8-9(2)17(19)20-16-11(4)15-13(7-14(8)16)10(3)12(5)18(15)6/h7H,1-6H3. The third-order valence-corrected chi connectivity index (χ3v) is 4.74. The number of hydrogen-bond acceptors (Lipinski definition) is 2. The average molecular weight is 269 g/mol. The fourth-order valence-corrected chi connectivity index (χ4v) is 3.06. The summed E-state index contributed by atoms with van der Waals surface area (Å²) in [6.45, 7) is 10.1. The Balaban J connectivity index is 2.69. The number of hydrogen-bond donors (Lipinski definition) is 0. The molecule has 0 saturated heterocycles. The summed E-state index contributed by atoms with van der Waals surface area (Å²) in [6.07, 6.45) is 0. The Morgan fingerprint density at radius 1 is 0.900 bits per heavy atom. The normalized spacial score (nSPS) is 11.7. The summed E-state index contributed by atoms with van der Waals surface area (Å²) >= 11 is 0. The molecule has 0 aliphatic rings. The molecule has 0 amide bonds. The number of nitrogens with zero attached hydrogens (tertiary/aromatic N) is 1. The molecule has 0 unspecified atom stereocenters. The zero-order valence-electron chi connectivity index (χ0n) is 12.8. The van der Waals surface area contributed by atoms with Crippen LogP contribution in [0.4, 0.5) is 0 Å². The van der Waals surface area contributed by atoms with Crippen LogP contribution in [0.1, 0.15) is 27.9 Å². The molecule has 20 heavy (non-hydrogen) atoms. The number of fused-ring (bicyclic) bond motifs is 2. The lowest BCUT2D eigenvalue weighted by Crippen LogP contribution is -2.06. The van der Waals surface area contributed by atoms with Gasteiger partial charge in [0, 0.05) is 34.6 Å². The van der Waals surface area contributed by atoms with Crippen LogP contribution in [-0.2, 0) is 7.05 Å². The summed E-state index contributed by atoms with van der Waals surface area (Å²) < 4.78 is 7.72. The lowest BCUT2D eigenvalue weighted by atomic mass is 10.0. The van der Waals surface area contributed by atoms with E-state index in [1.807, 2.05) is 20.8 Å². The van der Waals surface area contributed by atoms with Crippen molar-refractivity contribution in [3.8, 4) is 0 Å². The van der Waals surface area contributed by atoms with Crippen molar-refractivity contribution in [3.63, 3.8) is 0 Å². The number of rotatable bonds is 0. The predicted molar refractivity (Wildman–Crippen MR) is 82.6 cm³/mol. The van der Waals surface area contributed by atoms with Crippen LogP contribution in [0.25, 0.3) is 21.9 Å². The Hall–Kier alpha value is -2.03. The van der Waals surface area contributed by atoms with Crippen molar-refractivity contribution in [2.24, 2.45) is 7.05 Å². The first-order valence-corrected chi connectivity index (χ1v) is 6.83. The molecule has 2 aromatic heterocycles. The minimum absolute atomic E-state index is 0.236. The highest BCUT2D eigenvalue weighted by Crippen LogP contribution is 2.33. The SMILES string of the molecule is Cc1c(C)c2cc3c(C)c(C)n(C)c3c(C)c2oc1=O. The monoisotopic (exact) mass is 269 g/mol. The summed E-state index contributed by atoms with van der Waals surface area (Å²) in [5.74, 6) is 0. The van der Waals surface area contributed by atoms with Crippen LogP contribution in [0.3, 0.4) is 0 Å². The zero-order chi connectivity index (χ0) is 14.8. The van der Waals surface area contributed by atoms with E-state index < -0.39 is 0 Å². The Morgan fingerprint density at radius 2 is 1.55 bits per heavy atom. The van der Waals surface area contributed by atoms with Crippen LogP contribution < -0.4 is 5.63 Å². The minimum atomic E-state index is -0.236. The molecule has 0 aliphatic carbocycles. The van der Waals surface area contributed by atoms with E-state index in [9.17, 15) is 4.79 Å². The smallest absolute Gasteiger partial charge is 0.339 e. The third-order valence-electron chi connectivity index (χ3n) is 4.74. The van der Waals surface area contributed by atoms with Gasteiger partial charge in [-0.2, -0.15) is 0 Å². The van der Waals surface area contributed by atoms with E-state index in [1.54, 1.807) is 0 Å². The fraction of sp³-hybridized carbons (Fsp3) is 0.353. The summed E-state index contributed by atoms with van der Waals surface area (Å²) in [5, 5.41) is 2.28. The molecule has 2 heterocycles. The largest absolute Gasteiger partial charge is 0.422 e. The van der Waals surface area contributed by atoms with Crippen molar-refractivity contribution >= 4 is 21.9 Å². The molecule has 0 radical (unpaired) electrons. The van der Waals surface area contributed by atoms with Gasteiger partial charge in [-0.05, 0) is 51.8 Å². The molecular weight excluding hydrogens is 250 g/mol. The van der Waals surface area contributed by atoms with Crippen molar-refractivity contribution in [1.82, 2.24) is 4.57 Å². The van der Waals surface area contributed by atoms with Crippen LogP contribution in [0.5, 0.6) is 0 Å². The van der Waals surface area contributed by atoms with Gasteiger partial charge in [0.2, 0.25) is 0 Å². The van der Waals surface area contributed by atoms with Gasteiger partial charge in [0.05, 0.1) is 5.52 Å². The molecule has 0 bridgehead atoms. The maximum Gasteiger partial charge on any atom is 0.339 e. The van der Waals surface area contributed by atoms with E-state index in [4.69, 9.17) is 4.42 Å². The molecule has 3 rings (SSSR count). The van der Waals surface area contributed by atoms with Gasteiger partial charge in [-0.1, -0.05) is 0 Å². The van der Waals surface area contributed by atoms with Gasteiger partial charge in [0.1, 0.15) is 5.58 Å². The summed E-state index contributed by atoms with van der Waals surface area (Å²) in [4.78, 5) is 11.9. The van der Waals surface area contributed by atoms with Crippen molar-refractivity contribution in [2.45, 2.75) is 34.6 Å². The third kappa shape index (κ3) is 1.43. The van der Waals surface area contributed by atoms with E-state index in [-0.39, 0.29) is 5.63 Å². The van der Waals surface area contributed by atoms with Crippen molar-refractivity contribution in [1.29, 1.82) is 0 Å². The first kappa shape index (κ1) is 13.0. The van der Waals surface area contributed by atoms with Gasteiger partial charge in [0.25, 0.3) is 0 Å². The van der Waals surface area contributed by atoms with Crippen LogP contribution in [-0.4, -0.2) is 4.57 Å². The maximum absolute atomic E-state index is 11.9. The fourth-order valence-electron chi connectivity index (χ4n) is 3.06. The predicted octanol–water partition coefficient (Wildman–Crippen LogP) is 3.83. The van der Waals surface area contributed by atoms with E-state index in [0.717, 1.165) is 22.0 Å². The van der Waals surface area contributed by atoms with Crippen molar-refractivity contribution in [3.05, 3.63) is 44.4 Å². The van der Waals surface area contributed by atoms with Crippen molar-refractivity contribution < 1.29 is 4.42 Å². The first-order valence-electron chi connectivity index (χ1n) is 6.83. The molecule has 104 valence electrons. The van der Waals surface area contributed by atoms with Gasteiger partial charge in [-0.3, -0.25) is 0 Å². The molecule has 3 aromatic rings. The minimum Gasteiger partial charge on any atom is -0.422 e. The zero-order valence-corrected chi connectivity index (χ0v) is 12.8. The summed E-state index contributed by atoms with van der Waals surface area (Å²) in [6, 6.07) is 2.16. The van der Waals surface area contributed by atoms with Gasteiger partial charge in [-0.15, -0.1) is 0 Å².